The van der Waals surface area contributed by atoms with Crippen LogP contribution in [0, 0.1) is 5.92 Å². The summed E-state index contributed by atoms with van der Waals surface area (Å²) in [5.74, 6) is 0.763. The molecular formula is C12H18N2OS. The Kier molecular flexibility index (Phi) is 3.96. The number of thiophene rings is 1. The summed E-state index contributed by atoms with van der Waals surface area (Å²) in [6.45, 7) is 0.632. The van der Waals surface area contributed by atoms with Gasteiger partial charge in [0.25, 0.3) is 0 Å². The molecule has 1 aromatic heterocycles. The van der Waals surface area contributed by atoms with E-state index in [0.717, 1.165) is 6.42 Å². The van der Waals surface area contributed by atoms with Gasteiger partial charge in [-0.15, -0.1) is 0 Å². The smallest absolute Gasteiger partial charge is 0.220 e. The van der Waals surface area contributed by atoms with Crippen molar-refractivity contribution in [2.45, 2.75) is 31.7 Å². The summed E-state index contributed by atoms with van der Waals surface area (Å²) in [5, 5.41) is 7.03. The van der Waals surface area contributed by atoms with Crippen LogP contribution in [-0.2, 0) is 11.2 Å². The largest absolute Gasteiger partial charge is 0.355 e. The SMILES string of the molecule is NC(CNC(=O)CCc1ccsc1)C1CC1. The number of nitrogens with two attached hydrogens (primary N) is 1. The Hall–Kier alpha value is -0.870. The molecule has 0 radical (unpaired) electrons. The number of amides is 1. The van der Waals surface area contributed by atoms with Gasteiger partial charge in [-0.3, -0.25) is 4.79 Å². The van der Waals surface area contributed by atoms with Crippen molar-refractivity contribution < 1.29 is 4.79 Å². The lowest BCUT2D eigenvalue weighted by Gasteiger charge is -2.11. The Bertz CT molecular complexity index is 333. The second-order valence-electron chi connectivity index (χ2n) is 4.44. The van der Waals surface area contributed by atoms with E-state index in [2.05, 4.69) is 16.8 Å². The van der Waals surface area contributed by atoms with Gasteiger partial charge >= 0.3 is 0 Å². The number of aryl methyl sites for hydroxylation is 1. The molecule has 0 bridgehead atoms. The zero-order valence-electron chi connectivity index (χ0n) is 9.32. The van der Waals surface area contributed by atoms with Crippen molar-refractivity contribution >= 4 is 17.2 Å². The standard InChI is InChI=1S/C12H18N2OS/c13-11(10-2-3-10)7-14-12(15)4-1-9-5-6-16-8-9/h5-6,8,10-11H,1-4,7,13H2,(H,14,15). The fraction of sp³-hybridized carbons (Fsp3) is 0.583. The van der Waals surface area contributed by atoms with Crippen molar-refractivity contribution in [2.24, 2.45) is 11.7 Å². The van der Waals surface area contributed by atoms with Crippen LogP contribution in [0.2, 0.25) is 0 Å². The first-order valence-corrected chi connectivity index (χ1v) is 6.73. The lowest BCUT2D eigenvalue weighted by Crippen LogP contribution is -2.38. The Morgan fingerprint density at radius 2 is 2.44 bits per heavy atom. The average Bonchev–Trinajstić information content (AvgIpc) is 3.01. The van der Waals surface area contributed by atoms with Crippen molar-refractivity contribution in [3.63, 3.8) is 0 Å². The number of rotatable bonds is 6. The quantitative estimate of drug-likeness (QED) is 0.789. The minimum absolute atomic E-state index is 0.113. The van der Waals surface area contributed by atoms with E-state index in [9.17, 15) is 4.79 Å². The molecule has 1 unspecified atom stereocenters. The van der Waals surface area contributed by atoms with Crippen LogP contribution in [0.4, 0.5) is 0 Å². The van der Waals surface area contributed by atoms with Gasteiger partial charge in [0, 0.05) is 19.0 Å². The maximum atomic E-state index is 11.5. The second kappa shape index (κ2) is 5.46. The first-order valence-electron chi connectivity index (χ1n) is 5.79. The van der Waals surface area contributed by atoms with Crippen molar-refractivity contribution in [1.82, 2.24) is 5.32 Å². The van der Waals surface area contributed by atoms with Crippen LogP contribution in [0.15, 0.2) is 16.8 Å². The van der Waals surface area contributed by atoms with Crippen LogP contribution < -0.4 is 11.1 Å². The van der Waals surface area contributed by atoms with Gasteiger partial charge in [-0.05, 0) is 47.6 Å². The zero-order valence-corrected chi connectivity index (χ0v) is 10.1. The minimum atomic E-state index is 0.113. The summed E-state index contributed by atoms with van der Waals surface area (Å²) in [7, 11) is 0. The minimum Gasteiger partial charge on any atom is -0.355 e. The molecule has 1 aliphatic carbocycles. The van der Waals surface area contributed by atoms with Gasteiger partial charge in [-0.1, -0.05) is 0 Å². The lowest BCUT2D eigenvalue weighted by molar-refractivity contribution is -0.121. The fourth-order valence-electron chi connectivity index (χ4n) is 1.70. The monoisotopic (exact) mass is 238 g/mol. The predicted octanol–water partition coefficient (Wildman–Crippen LogP) is 1.53. The van der Waals surface area contributed by atoms with E-state index in [1.807, 2.05) is 5.38 Å². The van der Waals surface area contributed by atoms with Crippen LogP contribution in [0.5, 0.6) is 0 Å². The number of hydrogen-bond acceptors (Lipinski definition) is 3. The van der Waals surface area contributed by atoms with E-state index in [-0.39, 0.29) is 11.9 Å². The average molecular weight is 238 g/mol. The zero-order chi connectivity index (χ0) is 11.4. The van der Waals surface area contributed by atoms with Crippen molar-refractivity contribution in [3.05, 3.63) is 22.4 Å². The molecule has 16 heavy (non-hydrogen) atoms. The molecule has 0 saturated heterocycles. The van der Waals surface area contributed by atoms with Crippen LogP contribution in [0.3, 0.4) is 0 Å². The first kappa shape index (κ1) is 11.6. The molecule has 0 aliphatic heterocycles. The molecule has 1 heterocycles. The van der Waals surface area contributed by atoms with Crippen LogP contribution in [-0.4, -0.2) is 18.5 Å². The highest BCUT2D eigenvalue weighted by Crippen LogP contribution is 2.31. The second-order valence-corrected chi connectivity index (χ2v) is 5.22. The molecule has 1 atom stereocenters. The molecule has 3 N–H and O–H groups in total. The Morgan fingerprint density at radius 1 is 1.62 bits per heavy atom. The van der Waals surface area contributed by atoms with Gasteiger partial charge in [0.15, 0.2) is 0 Å². The highest BCUT2D eigenvalue weighted by atomic mass is 32.1. The van der Waals surface area contributed by atoms with Gasteiger partial charge < -0.3 is 11.1 Å². The predicted molar refractivity (Wildman–Crippen MR) is 66.3 cm³/mol. The Labute approximate surface area is 100 Å². The summed E-state index contributed by atoms with van der Waals surface area (Å²) in [6.07, 6.45) is 3.85. The lowest BCUT2D eigenvalue weighted by atomic mass is 10.1. The molecular weight excluding hydrogens is 220 g/mol. The van der Waals surface area contributed by atoms with E-state index in [1.165, 1.54) is 18.4 Å². The van der Waals surface area contributed by atoms with Crippen LogP contribution in [0.25, 0.3) is 0 Å². The number of hydrogen-bond donors (Lipinski definition) is 2. The van der Waals surface area contributed by atoms with Gasteiger partial charge in [0.1, 0.15) is 0 Å². The Balaban J connectivity index is 1.60. The normalized spacial score (nSPS) is 17.1. The van der Waals surface area contributed by atoms with E-state index in [0.29, 0.717) is 18.9 Å². The molecule has 88 valence electrons. The summed E-state index contributed by atoms with van der Waals surface area (Å²) in [6, 6.07) is 2.22. The maximum absolute atomic E-state index is 11.5. The van der Waals surface area contributed by atoms with Gasteiger partial charge in [-0.25, -0.2) is 0 Å². The van der Waals surface area contributed by atoms with Crippen LogP contribution >= 0.6 is 11.3 Å². The van der Waals surface area contributed by atoms with Gasteiger partial charge in [-0.2, -0.15) is 11.3 Å². The van der Waals surface area contributed by atoms with Crippen molar-refractivity contribution in [2.75, 3.05) is 6.54 Å². The Morgan fingerprint density at radius 3 is 3.06 bits per heavy atom. The topological polar surface area (TPSA) is 55.1 Å². The summed E-state index contributed by atoms with van der Waals surface area (Å²) < 4.78 is 0. The molecule has 3 nitrogen and oxygen atoms in total. The number of nitrogens with one attached hydrogen (secondary N) is 1. The van der Waals surface area contributed by atoms with E-state index in [4.69, 9.17) is 5.73 Å². The van der Waals surface area contributed by atoms with E-state index < -0.39 is 0 Å². The van der Waals surface area contributed by atoms with Crippen molar-refractivity contribution in [1.29, 1.82) is 0 Å². The summed E-state index contributed by atoms with van der Waals surface area (Å²) in [5.41, 5.74) is 7.15. The third-order valence-corrected chi connectivity index (χ3v) is 3.72. The molecule has 4 heteroatoms. The molecule has 0 aromatic carbocycles. The molecule has 2 rings (SSSR count). The highest BCUT2D eigenvalue weighted by molar-refractivity contribution is 7.07. The third-order valence-electron chi connectivity index (χ3n) is 2.98. The fourth-order valence-corrected chi connectivity index (χ4v) is 2.41. The number of carbonyl (C=O) groups excluding carboxylic acids is 1. The highest BCUT2D eigenvalue weighted by Gasteiger charge is 2.28. The third kappa shape index (κ3) is 3.61. The molecule has 1 saturated carbocycles. The van der Waals surface area contributed by atoms with Gasteiger partial charge in [0.2, 0.25) is 5.91 Å². The first-order chi connectivity index (χ1) is 7.75. The van der Waals surface area contributed by atoms with Gasteiger partial charge in [0.05, 0.1) is 0 Å². The van der Waals surface area contributed by atoms with E-state index >= 15 is 0 Å². The molecule has 1 amide bonds. The molecule has 1 aromatic rings. The van der Waals surface area contributed by atoms with E-state index in [1.54, 1.807) is 11.3 Å². The van der Waals surface area contributed by atoms with Crippen molar-refractivity contribution in [3.8, 4) is 0 Å². The summed E-state index contributed by atoms with van der Waals surface area (Å²) in [4.78, 5) is 11.5. The van der Waals surface area contributed by atoms with Crippen LogP contribution in [0.1, 0.15) is 24.8 Å². The molecule has 1 aliphatic rings. The molecule has 0 spiro atoms. The summed E-state index contributed by atoms with van der Waals surface area (Å²) >= 11 is 1.67. The number of carbonyl (C=O) groups is 1. The maximum Gasteiger partial charge on any atom is 0.220 e. The molecule has 1 fully saturated rings.